The summed E-state index contributed by atoms with van der Waals surface area (Å²) in [6, 6.07) is 20.8. The molecule has 36 heavy (non-hydrogen) atoms. The van der Waals surface area contributed by atoms with Gasteiger partial charge >= 0.3 is 0 Å². The van der Waals surface area contributed by atoms with Gasteiger partial charge in [0, 0.05) is 11.4 Å². The lowest BCUT2D eigenvalue weighted by atomic mass is 9.94. The predicted molar refractivity (Wildman–Crippen MR) is 152 cm³/mol. The van der Waals surface area contributed by atoms with E-state index >= 15 is 0 Å². The van der Waals surface area contributed by atoms with Crippen LogP contribution in [-0.4, -0.2) is 28.6 Å². The molecule has 0 N–H and O–H groups in total. The third-order valence-electron chi connectivity index (χ3n) is 6.81. The summed E-state index contributed by atoms with van der Waals surface area (Å²) in [5.41, 5.74) is 3.11. The number of rotatable bonds is 6. The summed E-state index contributed by atoms with van der Waals surface area (Å²) >= 11 is 1.50. The van der Waals surface area contributed by atoms with Crippen LogP contribution in [0, 0.1) is 12.8 Å². The van der Waals surface area contributed by atoms with Gasteiger partial charge in [0.2, 0.25) is 0 Å². The van der Waals surface area contributed by atoms with Gasteiger partial charge in [-0.05, 0) is 72.7 Å². The second kappa shape index (κ2) is 10.9. The first kappa shape index (κ1) is 24.6. The summed E-state index contributed by atoms with van der Waals surface area (Å²) in [5.74, 6) is 1.41. The fraction of sp³-hybridized carbons (Fsp3) is 0.355. The third kappa shape index (κ3) is 5.36. The molecule has 1 amide bonds. The zero-order chi connectivity index (χ0) is 25.1. The molecule has 1 saturated heterocycles. The number of amides is 1. The number of carbonyl (C=O) groups is 1. The molecule has 0 atom stereocenters. The second-order valence-electron chi connectivity index (χ2n) is 10.2. The number of fused-ring (bicyclic) bond motifs is 1. The molecule has 5 heteroatoms. The molecule has 2 aliphatic rings. The molecular formula is C31H34N2O2S. The van der Waals surface area contributed by atoms with Crippen molar-refractivity contribution in [2.24, 2.45) is 10.9 Å². The molecule has 3 aromatic carbocycles. The average molecular weight is 499 g/mol. The maximum atomic E-state index is 13.8. The minimum Gasteiger partial charge on any atom is -0.493 e. The van der Waals surface area contributed by atoms with Gasteiger partial charge in [0.15, 0.2) is 5.17 Å². The van der Waals surface area contributed by atoms with E-state index in [1.165, 1.54) is 36.6 Å². The number of ether oxygens (including phenoxy) is 1. The summed E-state index contributed by atoms with van der Waals surface area (Å²) < 4.78 is 6.09. The first-order valence-electron chi connectivity index (χ1n) is 13.0. The largest absolute Gasteiger partial charge is 0.493 e. The maximum absolute atomic E-state index is 13.8. The Morgan fingerprint density at radius 2 is 1.72 bits per heavy atom. The van der Waals surface area contributed by atoms with Crippen molar-refractivity contribution >= 4 is 45.4 Å². The molecule has 1 saturated carbocycles. The molecule has 3 aromatic rings. The van der Waals surface area contributed by atoms with Crippen LogP contribution in [0.25, 0.3) is 16.8 Å². The highest BCUT2D eigenvalue weighted by Crippen LogP contribution is 2.40. The van der Waals surface area contributed by atoms with Crippen LogP contribution >= 0.6 is 11.8 Å². The predicted octanol–water partition coefficient (Wildman–Crippen LogP) is 8.12. The SMILES string of the molecule is Cc1ccc(N=C2S/C(=C/c3ccc(OCC(C)C)c4ccccc34)C(=O)N2C2CCCCC2)cc1. The molecule has 0 spiro atoms. The standard InChI is InChI=1S/C31H34N2O2S/c1-21(2)20-35-28-18-15-23(26-11-7-8-12-27(26)28)19-29-30(34)33(25-9-5-4-6-10-25)31(36-29)32-24-16-13-22(3)14-17-24/h7-8,11-19,21,25H,4-6,9-10,20H2,1-3H3/b29-19+,32-31?. The highest BCUT2D eigenvalue weighted by atomic mass is 32.2. The van der Waals surface area contributed by atoms with E-state index in [-0.39, 0.29) is 11.9 Å². The van der Waals surface area contributed by atoms with Crippen molar-refractivity contribution in [1.82, 2.24) is 4.90 Å². The Labute approximate surface area is 218 Å². The van der Waals surface area contributed by atoms with Crippen LogP contribution in [0.4, 0.5) is 5.69 Å². The Morgan fingerprint density at radius 1 is 1.00 bits per heavy atom. The van der Waals surface area contributed by atoms with Crippen molar-refractivity contribution in [2.45, 2.75) is 58.9 Å². The van der Waals surface area contributed by atoms with E-state index in [2.05, 4.69) is 51.1 Å². The van der Waals surface area contributed by atoms with Gasteiger partial charge in [-0.15, -0.1) is 0 Å². The summed E-state index contributed by atoms with van der Waals surface area (Å²) in [5, 5.41) is 2.96. The van der Waals surface area contributed by atoms with Crippen molar-refractivity contribution in [3.05, 3.63) is 76.7 Å². The lowest BCUT2D eigenvalue weighted by Gasteiger charge is -2.30. The minimum absolute atomic E-state index is 0.0713. The fourth-order valence-corrected chi connectivity index (χ4v) is 5.95. The molecule has 0 bridgehead atoms. The van der Waals surface area contributed by atoms with Crippen LogP contribution in [-0.2, 0) is 4.79 Å². The van der Waals surface area contributed by atoms with Gasteiger partial charge < -0.3 is 4.74 Å². The van der Waals surface area contributed by atoms with Gasteiger partial charge in [-0.2, -0.15) is 0 Å². The number of thioether (sulfide) groups is 1. The lowest BCUT2D eigenvalue weighted by Crippen LogP contribution is -2.40. The van der Waals surface area contributed by atoms with Crippen LogP contribution in [0.2, 0.25) is 0 Å². The van der Waals surface area contributed by atoms with E-state index < -0.39 is 0 Å². The first-order chi connectivity index (χ1) is 17.5. The number of amidine groups is 1. The molecule has 1 aliphatic carbocycles. The van der Waals surface area contributed by atoms with Crippen molar-refractivity contribution in [3.63, 3.8) is 0 Å². The van der Waals surface area contributed by atoms with Crippen molar-refractivity contribution in [3.8, 4) is 5.75 Å². The van der Waals surface area contributed by atoms with Gasteiger partial charge in [-0.25, -0.2) is 4.99 Å². The first-order valence-corrected chi connectivity index (χ1v) is 13.8. The number of aliphatic imine (C=N–C) groups is 1. The minimum atomic E-state index is 0.0713. The molecule has 5 rings (SSSR count). The molecular weight excluding hydrogens is 464 g/mol. The smallest absolute Gasteiger partial charge is 0.267 e. The van der Waals surface area contributed by atoms with E-state index in [4.69, 9.17) is 9.73 Å². The van der Waals surface area contributed by atoms with Gasteiger partial charge in [-0.1, -0.05) is 81.1 Å². The van der Waals surface area contributed by atoms with E-state index in [1.54, 1.807) is 0 Å². The van der Waals surface area contributed by atoms with E-state index in [0.29, 0.717) is 12.5 Å². The van der Waals surface area contributed by atoms with Crippen LogP contribution < -0.4 is 4.74 Å². The number of aryl methyl sites for hydroxylation is 1. The number of nitrogens with zero attached hydrogens (tertiary/aromatic N) is 2. The van der Waals surface area contributed by atoms with Gasteiger partial charge in [0.1, 0.15) is 5.75 Å². The molecule has 186 valence electrons. The third-order valence-corrected chi connectivity index (χ3v) is 7.79. The van der Waals surface area contributed by atoms with E-state index in [9.17, 15) is 4.79 Å². The number of hydrogen-bond acceptors (Lipinski definition) is 4. The number of benzene rings is 3. The normalized spacial score (nSPS) is 19.2. The highest BCUT2D eigenvalue weighted by Gasteiger charge is 2.38. The zero-order valence-electron chi connectivity index (χ0n) is 21.4. The zero-order valence-corrected chi connectivity index (χ0v) is 22.2. The van der Waals surface area contributed by atoms with Crippen LogP contribution in [0.5, 0.6) is 5.75 Å². The van der Waals surface area contributed by atoms with Crippen molar-refractivity contribution in [2.75, 3.05) is 6.61 Å². The van der Waals surface area contributed by atoms with Gasteiger partial charge in [0.25, 0.3) is 5.91 Å². The molecule has 1 heterocycles. The molecule has 4 nitrogen and oxygen atoms in total. The van der Waals surface area contributed by atoms with Crippen LogP contribution in [0.1, 0.15) is 57.1 Å². The Kier molecular flexibility index (Phi) is 7.47. The summed E-state index contributed by atoms with van der Waals surface area (Å²) in [6.07, 6.45) is 7.69. The second-order valence-corrected chi connectivity index (χ2v) is 11.2. The molecule has 0 unspecified atom stereocenters. The summed E-state index contributed by atoms with van der Waals surface area (Å²) in [7, 11) is 0. The van der Waals surface area contributed by atoms with Gasteiger partial charge in [0.05, 0.1) is 17.2 Å². The number of carbonyl (C=O) groups excluding carboxylic acids is 1. The topological polar surface area (TPSA) is 41.9 Å². The Hall–Kier alpha value is -3.05. The monoisotopic (exact) mass is 498 g/mol. The maximum Gasteiger partial charge on any atom is 0.267 e. The fourth-order valence-electron chi connectivity index (χ4n) is 4.90. The lowest BCUT2D eigenvalue weighted by molar-refractivity contribution is -0.124. The number of hydrogen-bond donors (Lipinski definition) is 0. The molecule has 0 aromatic heterocycles. The van der Waals surface area contributed by atoms with Gasteiger partial charge in [-0.3, -0.25) is 9.69 Å². The summed E-state index contributed by atoms with van der Waals surface area (Å²) in [4.78, 5) is 21.4. The summed E-state index contributed by atoms with van der Waals surface area (Å²) in [6.45, 7) is 7.05. The van der Waals surface area contributed by atoms with E-state index in [1.807, 2.05) is 41.3 Å². The molecule has 0 radical (unpaired) electrons. The van der Waals surface area contributed by atoms with E-state index in [0.717, 1.165) is 50.7 Å². The van der Waals surface area contributed by atoms with Crippen LogP contribution in [0.3, 0.4) is 0 Å². The van der Waals surface area contributed by atoms with Crippen molar-refractivity contribution < 1.29 is 9.53 Å². The van der Waals surface area contributed by atoms with Crippen molar-refractivity contribution in [1.29, 1.82) is 0 Å². The molecule has 2 fully saturated rings. The average Bonchev–Trinajstić information content (AvgIpc) is 3.19. The molecule has 1 aliphatic heterocycles. The Morgan fingerprint density at radius 3 is 2.44 bits per heavy atom. The quantitative estimate of drug-likeness (QED) is 0.322. The van der Waals surface area contributed by atoms with Crippen LogP contribution in [0.15, 0.2) is 70.6 Å². The Bertz CT molecular complexity index is 1300. The highest BCUT2D eigenvalue weighted by molar-refractivity contribution is 8.18. The Balaban J connectivity index is 1.52.